The van der Waals surface area contributed by atoms with Gasteiger partial charge in [0, 0.05) is 22.5 Å². The first-order valence-corrected chi connectivity index (χ1v) is 8.51. The smallest absolute Gasteiger partial charge is 0.241 e. The van der Waals surface area contributed by atoms with Crippen LogP contribution in [0, 0.1) is 0 Å². The number of nitrogen functional groups attached to an aromatic ring is 1. The van der Waals surface area contributed by atoms with Crippen molar-refractivity contribution in [3.63, 3.8) is 0 Å². The minimum absolute atomic E-state index is 0.0312. The van der Waals surface area contributed by atoms with E-state index in [0.29, 0.717) is 16.0 Å². The predicted molar refractivity (Wildman–Crippen MR) is 85.5 cm³/mol. The summed E-state index contributed by atoms with van der Waals surface area (Å²) in [6, 6.07) is 10.5. The average Bonchev–Trinajstić information content (AvgIpc) is 2.48. The van der Waals surface area contributed by atoms with Gasteiger partial charge in [-0.1, -0.05) is 36.4 Å². The van der Waals surface area contributed by atoms with Gasteiger partial charge in [-0.25, -0.2) is 13.1 Å². The van der Waals surface area contributed by atoms with Crippen molar-refractivity contribution in [3.8, 4) is 0 Å². The van der Waals surface area contributed by atoms with Gasteiger partial charge in [-0.2, -0.15) is 0 Å². The van der Waals surface area contributed by atoms with E-state index in [1.807, 2.05) is 24.3 Å². The normalized spacial score (nSPS) is 19.0. The number of fused-ring (bicyclic) bond motifs is 1. The number of hydrogen-bond acceptors (Lipinski definition) is 3. The third-order valence-electron chi connectivity index (χ3n) is 3.80. The third kappa shape index (κ3) is 2.80. The Morgan fingerprint density at radius 3 is 2.52 bits per heavy atom. The molecular weight excluding hydrogens is 284 g/mol. The summed E-state index contributed by atoms with van der Waals surface area (Å²) in [5, 5.41) is 1.43. The van der Waals surface area contributed by atoms with Crippen LogP contribution in [0.3, 0.4) is 0 Å². The molecule has 21 heavy (non-hydrogen) atoms. The van der Waals surface area contributed by atoms with E-state index in [9.17, 15) is 8.42 Å². The minimum atomic E-state index is -3.54. The summed E-state index contributed by atoms with van der Waals surface area (Å²) in [7, 11) is -3.54. The predicted octanol–water partition coefficient (Wildman–Crippen LogP) is 2.81. The largest absolute Gasteiger partial charge is 0.398 e. The molecular formula is C16H18N2O2S. The molecule has 0 fully saturated rings. The Bertz CT molecular complexity index is 797. The van der Waals surface area contributed by atoms with Gasteiger partial charge in [-0.05, 0) is 31.4 Å². The van der Waals surface area contributed by atoms with Crippen molar-refractivity contribution < 1.29 is 8.42 Å². The molecule has 0 heterocycles. The quantitative estimate of drug-likeness (QED) is 0.676. The standard InChI is InChI=1S/C16H18N2O2S/c17-15-10-11-16(14-9-5-4-8-13(14)15)21(19,20)18-12-6-2-1-3-7-12/h1-2,4-5,8-12,18H,3,6-7,17H2. The average molecular weight is 302 g/mol. The Morgan fingerprint density at radius 2 is 1.81 bits per heavy atom. The maximum atomic E-state index is 12.6. The molecule has 0 bridgehead atoms. The van der Waals surface area contributed by atoms with Crippen LogP contribution in [0.15, 0.2) is 53.4 Å². The molecule has 0 radical (unpaired) electrons. The number of rotatable bonds is 3. The summed E-state index contributed by atoms with van der Waals surface area (Å²) in [6.45, 7) is 0. The van der Waals surface area contributed by atoms with Gasteiger partial charge in [0.1, 0.15) is 0 Å². The Hall–Kier alpha value is -1.85. The highest BCUT2D eigenvalue weighted by Crippen LogP contribution is 2.28. The highest BCUT2D eigenvalue weighted by atomic mass is 32.2. The molecule has 1 aliphatic carbocycles. The van der Waals surface area contributed by atoms with Gasteiger partial charge in [0.15, 0.2) is 0 Å². The van der Waals surface area contributed by atoms with E-state index < -0.39 is 10.0 Å². The number of nitrogens with one attached hydrogen (secondary N) is 1. The molecule has 3 rings (SSSR count). The zero-order valence-electron chi connectivity index (χ0n) is 11.6. The number of sulfonamides is 1. The van der Waals surface area contributed by atoms with Crippen LogP contribution in [0.1, 0.15) is 19.3 Å². The van der Waals surface area contributed by atoms with Crippen LogP contribution in [-0.2, 0) is 10.0 Å². The van der Waals surface area contributed by atoms with Crippen molar-refractivity contribution in [2.75, 3.05) is 5.73 Å². The molecule has 0 saturated heterocycles. The molecule has 0 aromatic heterocycles. The number of allylic oxidation sites excluding steroid dienone is 1. The van der Waals surface area contributed by atoms with Crippen molar-refractivity contribution in [1.82, 2.24) is 4.72 Å². The molecule has 4 nitrogen and oxygen atoms in total. The van der Waals surface area contributed by atoms with E-state index >= 15 is 0 Å². The molecule has 0 amide bonds. The van der Waals surface area contributed by atoms with Crippen LogP contribution in [-0.4, -0.2) is 14.5 Å². The van der Waals surface area contributed by atoms with Gasteiger partial charge < -0.3 is 5.73 Å². The van der Waals surface area contributed by atoms with Crippen molar-refractivity contribution in [1.29, 1.82) is 0 Å². The van der Waals surface area contributed by atoms with E-state index in [0.717, 1.165) is 24.6 Å². The van der Waals surface area contributed by atoms with Gasteiger partial charge in [-0.3, -0.25) is 0 Å². The number of hydrogen-bond donors (Lipinski definition) is 2. The van der Waals surface area contributed by atoms with Crippen molar-refractivity contribution >= 4 is 26.5 Å². The number of benzene rings is 2. The van der Waals surface area contributed by atoms with Gasteiger partial charge >= 0.3 is 0 Å². The molecule has 0 spiro atoms. The van der Waals surface area contributed by atoms with E-state index in [2.05, 4.69) is 10.8 Å². The second-order valence-corrected chi connectivity index (χ2v) is 6.98. The lowest BCUT2D eigenvalue weighted by Gasteiger charge is -2.20. The Kier molecular flexibility index (Phi) is 3.69. The molecule has 5 heteroatoms. The lowest BCUT2D eigenvalue weighted by atomic mass is 10.0. The molecule has 2 aromatic rings. The van der Waals surface area contributed by atoms with E-state index in [4.69, 9.17) is 5.73 Å². The molecule has 0 aliphatic heterocycles. The van der Waals surface area contributed by atoms with Gasteiger partial charge in [-0.15, -0.1) is 0 Å². The van der Waals surface area contributed by atoms with Crippen LogP contribution in [0.25, 0.3) is 10.8 Å². The Labute approximate surface area is 124 Å². The molecule has 1 atom stereocenters. The molecule has 2 aromatic carbocycles. The maximum absolute atomic E-state index is 12.6. The maximum Gasteiger partial charge on any atom is 0.241 e. The van der Waals surface area contributed by atoms with E-state index in [1.54, 1.807) is 18.2 Å². The monoisotopic (exact) mass is 302 g/mol. The summed E-state index contributed by atoms with van der Waals surface area (Å²) in [5.41, 5.74) is 6.52. The zero-order chi connectivity index (χ0) is 14.9. The van der Waals surface area contributed by atoms with Gasteiger partial charge in [0.2, 0.25) is 10.0 Å². The van der Waals surface area contributed by atoms with E-state index in [1.165, 1.54) is 0 Å². The second-order valence-electron chi connectivity index (χ2n) is 5.30. The summed E-state index contributed by atoms with van der Waals surface area (Å²) < 4.78 is 28.1. The first-order valence-electron chi connectivity index (χ1n) is 7.02. The van der Waals surface area contributed by atoms with Crippen LogP contribution in [0.2, 0.25) is 0 Å². The van der Waals surface area contributed by atoms with Gasteiger partial charge in [0.25, 0.3) is 0 Å². The topological polar surface area (TPSA) is 72.2 Å². The third-order valence-corrected chi connectivity index (χ3v) is 5.38. The summed E-state index contributed by atoms with van der Waals surface area (Å²) in [4.78, 5) is 0.293. The first kappa shape index (κ1) is 14.1. The summed E-state index contributed by atoms with van der Waals surface area (Å²) in [6.07, 6.45) is 6.60. The summed E-state index contributed by atoms with van der Waals surface area (Å²) in [5.74, 6) is 0. The fourth-order valence-electron chi connectivity index (χ4n) is 2.71. The fraction of sp³-hybridized carbons (Fsp3) is 0.250. The SMILES string of the molecule is Nc1ccc(S(=O)(=O)NC2CC=CCC2)c2ccccc12. The minimum Gasteiger partial charge on any atom is -0.398 e. The van der Waals surface area contributed by atoms with Crippen LogP contribution in [0.4, 0.5) is 5.69 Å². The Morgan fingerprint density at radius 1 is 1.05 bits per heavy atom. The molecule has 0 saturated carbocycles. The highest BCUT2D eigenvalue weighted by Gasteiger charge is 2.22. The second kappa shape index (κ2) is 5.50. The summed E-state index contributed by atoms with van der Waals surface area (Å²) >= 11 is 0. The lowest BCUT2D eigenvalue weighted by molar-refractivity contribution is 0.523. The van der Waals surface area contributed by atoms with Crippen LogP contribution >= 0.6 is 0 Å². The van der Waals surface area contributed by atoms with Crippen molar-refractivity contribution in [2.45, 2.75) is 30.2 Å². The molecule has 3 N–H and O–H groups in total. The number of anilines is 1. The van der Waals surface area contributed by atoms with Gasteiger partial charge in [0.05, 0.1) is 4.90 Å². The fourth-order valence-corrected chi connectivity index (χ4v) is 4.21. The van der Waals surface area contributed by atoms with Crippen molar-refractivity contribution in [2.24, 2.45) is 0 Å². The highest BCUT2D eigenvalue weighted by molar-refractivity contribution is 7.89. The Balaban J connectivity index is 2.03. The molecule has 1 aliphatic rings. The zero-order valence-corrected chi connectivity index (χ0v) is 12.4. The first-order chi connectivity index (χ1) is 10.1. The van der Waals surface area contributed by atoms with Crippen molar-refractivity contribution in [3.05, 3.63) is 48.6 Å². The lowest BCUT2D eigenvalue weighted by Crippen LogP contribution is -2.35. The molecule has 1 unspecified atom stereocenters. The van der Waals surface area contributed by atoms with Crippen LogP contribution < -0.4 is 10.5 Å². The van der Waals surface area contributed by atoms with E-state index in [-0.39, 0.29) is 6.04 Å². The molecule has 110 valence electrons. The number of nitrogens with two attached hydrogens (primary N) is 1. The van der Waals surface area contributed by atoms with Crippen LogP contribution in [0.5, 0.6) is 0 Å².